The third kappa shape index (κ3) is 6.33. The quantitative estimate of drug-likeness (QED) is 0.330. The van der Waals surface area contributed by atoms with Crippen molar-refractivity contribution in [3.05, 3.63) is 64.0 Å². The highest BCUT2D eigenvalue weighted by Crippen LogP contribution is 2.33. The summed E-state index contributed by atoms with van der Waals surface area (Å²) in [6.45, 7) is 0.132. The van der Waals surface area contributed by atoms with E-state index >= 15 is 0 Å². The van der Waals surface area contributed by atoms with Gasteiger partial charge >= 0.3 is 0 Å². The first-order valence-electron chi connectivity index (χ1n) is 10.0. The lowest BCUT2D eigenvalue weighted by molar-refractivity contribution is -0.122. The van der Waals surface area contributed by atoms with Gasteiger partial charge in [-0.3, -0.25) is 14.5 Å². The van der Waals surface area contributed by atoms with E-state index in [-0.39, 0.29) is 29.7 Å². The van der Waals surface area contributed by atoms with Gasteiger partial charge in [-0.1, -0.05) is 47.7 Å². The molecule has 1 fully saturated rings. The number of hydrogen-bond acceptors (Lipinski definition) is 9. The second-order valence-corrected chi connectivity index (χ2v) is 12.3. The Balaban J connectivity index is 1.34. The molecular formula is C22H17ClN4O4S4. The molecule has 4 rings (SSSR count). The summed E-state index contributed by atoms with van der Waals surface area (Å²) in [5.74, 6) is -0.219. The maximum Gasteiger partial charge on any atom is 0.266 e. The molecule has 2 aromatic carbocycles. The van der Waals surface area contributed by atoms with Crippen LogP contribution in [0.5, 0.6) is 0 Å². The number of nitrogens with zero attached hydrogens (tertiary/aromatic N) is 3. The van der Waals surface area contributed by atoms with Crippen molar-refractivity contribution >= 4 is 84.3 Å². The number of thioether (sulfide) groups is 1. The zero-order valence-corrected chi connectivity index (χ0v) is 22.1. The van der Waals surface area contributed by atoms with Crippen molar-refractivity contribution in [1.82, 2.24) is 14.3 Å². The van der Waals surface area contributed by atoms with Crippen LogP contribution < -0.4 is 5.32 Å². The number of nitrogens with one attached hydrogen (secondary N) is 1. The van der Waals surface area contributed by atoms with Crippen molar-refractivity contribution in [2.24, 2.45) is 0 Å². The number of aromatic nitrogens is 2. The van der Waals surface area contributed by atoms with E-state index in [4.69, 9.17) is 23.8 Å². The Kier molecular flexibility index (Phi) is 7.67. The number of hydrogen-bond donors (Lipinski definition) is 1. The van der Waals surface area contributed by atoms with Crippen LogP contribution in [0.1, 0.15) is 12.0 Å². The SMILES string of the molecule is CS(=O)(=O)c1ccc(-c2nsc(NC(=O)CCN3C(=O)/C(=C/c4ccc(Cl)cc4)SC3=S)n2)cc1. The monoisotopic (exact) mass is 564 g/mol. The smallest absolute Gasteiger partial charge is 0.266 e. The molecule has 3 aromatic rings. The largest absolute Gasteiger partial charge is 0.301 e. The van der Waals surface area contributed by atoms with Crippen LogP contribution in [0.4, 0.5) is 5.13 Å². The van der Waals surface area contributed by atoms with E-state index in [1.807, 2.05) is 0 Å². The molecule has 0 atom stereocenters. The molecule has 1 aliphatic heterocycles. The van der Waals surface area contributed by atoms with Crippen molar-refractivity contribution < 1.29 is 18.0 Å². The number of anilines is 1. The molecule has 0 aliphatic carbocycles. The first-order valence-corrected chi connectivity index (χ1v) is 14.3. The van der Waals surface area contributed by atoms with Gasteiger partial charge in [-0.15, -0.1) is 0 Å². The first-order chi connectivity index (χ1) is 16.6. The lowest BCUT2D eigenvalue weighted by Gasteiger charge is -2.13. The summed E-state index contributed by atoms with van der Waals surface area (Å²) in [5.41, 5.74) is 1.45. The van der Waals surface area contributed by atoms with Gasteiger partial charge in [0.15, 0.2) is 15.7 Å². The van der Waals surface area contributed by atoms with Crippen LogP contribution in [0, 0.1) is 0 Å². The summed E-state index contributed by atoms with van der Waals surface area (Å²) in [5, 5.41) is 3.57. The highest BCUT2D eigenvalue weighted by Gasteiger charge is 2.32. The number of sulfone groups is 1. The van der Waals surface area contributed by atoms with Crippen molar-refractivity contribution in [3.8, 4) is 11.4 Å². The highest BCUT2D eigenvalue weighted by atomic mass is 35.5. The van der Waals surface area contributed by atoms with Crippen LogP contribution in [-0.2, 0) is 19.4 Å². The van der Waals surface area contributed by atoms with Gasteiger partial charge in [0.1, 0.15) is 4.32 Å². The zero-order valence-electron chi connectivity index (χ0n) is 18.1. The maximum absolute atomic E-state index is 12.7. The fourth-order valence-corrected chi connectivity index (χ4v) is 5.71. The molecule has 2 amide bonds. The number of carbonyl (C=O) groups excluding carboxylic acids is 2. The second-order valence-electron chi connectivity index (χ2n) is 7.40. The Morgan fingerprint density at radius 2 is 1.86 bits per heavy atom. The Labute approximate surface area is 220 Å². The molecule has 8 nitrogen and oxygen atoms in total. The van der Waals surface area contributed by atoms with Crippen molar-refractivity contribution in [2.75, 3.05) is 18.1 Å². The van der Waals surface area contributed by atoms with Gasteiger partial charge in [0.05, 0.1) is 9.80 Å². The van der Waals surface area contributed by atoms with Gasteiger partial charge in [-0.2, -0.15) is 9.36 Å². The van der Waals surface area contributed by atoms with E-state index in [2.05, 4.69) is 14.7 Å². The number of halogens is 1. The predicted octanol–water partition coefficient (Wildman–Crippen LogP) is 4.49. The van der Waals surface area contributed by atoms with E-state index in [1.54, 1.807) is 42.5 Å². The molecule has 1 aliphatic rings. The van der Waals surface area contributed by atoms with Gasteiger partial charge in [-0.05, 0) is 48.0 Å². The molecule has 0 bridgehead atoms. The maximum atomic E-state index is 12.7. The van der Waals surface area contributed by atoms with Crippen LogP contribution in [0.25, 0.3) is 17.5 Å². The van der Waals surface area contributed by atoms with Gasteiger partial charge in [0.25, 0.3) is 5.91 Å². The summed E-state index contributed by atoms with van der Waals surface area (Å²) in [4.78, 5) is 31.5. The standard InChI is InChI=1S/C22H17ClN4O4S4/c1-35(30,31)16-8-4-14(5-9-16)19-25-21(34-26-19)24-18(28)10-11-27-20(29)17(33-22(27)32)12-13-2-6-15(23)7-3-13/h2-9,12H,10-11H2,1H3,(H,24,25,26,28)/b17-12-. The Bertz CT molecular complexity index is 1430. The molecule has 0 spiro atoms. The number of thiocarbonyl (C=S) groups is 1. The zero-order chi connectivity index (χ0) is 25.2. The molecular weight excluding hydrogens is 548 g/mol. The molecule has 180 valence electrons. The van der Waals surface area contributed by atoms with Crippen LogP contribution in [0.2, 0.25) is 5.02 Å². The molecule has 35 heavy (non-hydrogen) atoms. The average molecular weight is 565 g/mol. The first kappa shape index (κ1) is 25.5. The Hall–Kier alpha value is -2.64. The van der Waals surface area contributed by atoms with Gasteiger partial charge < -0.3 is 5.32 Å². The highest BCUT2D eigenvalue weighted by molar-refractivity contribution is 8.26. The average Bonchev–Trinajstić information content (AvgIpc) is 3.37. The van der Waals surface area contributed by atoms with Gasteiger partial charge in [0.2, 0.25) is 11.0 Å². The fourth-order valence-electron chi connectivity index (χ4n) is 3.04. The number of rotatable bonds is 7. The molecule has 1 saturated heterocycles. The second kappa shape index (κ2) is 10.5. The van der Waals surface area contributed by atoms with Crippen LogP contribution in [0.15, 0.2) is 58.3 Å². The van der Waals surface area contributed by atoms with Crippen LogP contribution in [0.3, 0.4) is 0 Å². The lowest BCUT2D eigenvalue weighted by Crippen LogP contribution is -2.31. The molecule has 0 unspecified atom stereocenters. The number of amides is 2. The lowest BCUT2D eigenvalue weighted by atomic mass is 10.2. The topological polar surface area (TPSA) is 109 Å². The van der Waals surface area contributed by atoms with E-state index in [9.17, 15) is 18.0 Å². The fraction of sp³-hybridized carbons (Fsp3) is 0.136. The Morgan fingerprint density at radius 3 is 2.51 bits per heavy atom. The summed E-state index contributed by atoms with van der Waals surface area (Å²) < 4.78 is 27.8. The normalized spacial score (nSPS) is 15.1. The third-order valence-electron chi connectivity index (χ3n) is 4.82. The van der Waals surface area contributed by atoms with E-state index in [1.165, 1.54) is 28.8 Å². The van der Waals surface area contributed by atoms with Crippen molar-refractivity contribution in [2.45, 2.75) is 11.3 Å². The predicted molar refractivity (Wildman–Crippen MR) is 143 cm³/mol. The summed E-state index contributed by atoms with van der Waals surface area (Å²) in [7, 11) is -3.30. The van der Waals surface area contributed by atoms with Crippen molar-refractivity contribution in [3.63, 3.8) is 0 Å². The Morgan fingerprint density at radius 1 is 1.17 bits per heavy atom. The van der Waals surface area contributed by atoms with E-state index < -0.39 is 9.84 Å². The summed E-state index contributed by atoms with van der Waals surface area (Å²) in [6, 6.07) is 13.3. The van der Waals surface area contributed by atoms with Gasteiger partial charge in [-0.25, -0.2) is 8.42 Å². The summed E-state index contributed by atoms with van der Waals surface area (Å²) in [6.07, 6.45) is 2.90. The third-order valence-corrected chi connectivity index (χ3v) is 8.21. The minimum absolute atomic E-state index is 0.0264. The summed E-state index contributed by atoms with van der Waals surface area (Å²) >= 11 is 13.4. The van der Waals surface area contributed by atoms with E-state index in [0.29, 0.717) is 30.8 Å². The molecule has 0 radical (unpaired) electrons. The number of carbonyl (C=O) groups is 2. The van der Waals surface area contributed by atoms with Crippen molar-refractivity contribution in [1.29, 1.82) is 0 Å². The molecule has 0 saturated carbocycles. The van der Waals surface area contributed by atoms with Crippen LogP contribution >= 0.6 is 47.1 Å². The minimum atomic E-state index is -3.30. The minimum Gasteiger partial charge on any atom is -0.301 e. The molecule has 13 heteroatoms. The van der Waals surface area contributed by atoms with Crippen LogP contribution in [-0.4, -0.2) is 51.6 Å². The van der Waals surface area contributed by atoms with E-state index in [0.717, 1.165) is 23.4 Å². The number of benzene rings is 2. The molecule has 1 N–H and O–H groups in total. The van der Waals surface area contributed by atoms with Gasteiger partial charge in [0, 0.05) is 41.3 Å². The molecule has 1 aromatic heterocycles. The molecule has 2 heterocycles.